The molecule has 0 unspecified atom stereocenters. The van der Waals surface area contributed by atoms with Gasteiger partial charge in [-0.2, -0.15) is 5.10 Å². The van der Waals surface area contributed by atoms with E-state index in [1.165, 1.54) is 6.21 Å². The van der Waals surface area contributed by atoms with Gasteiger partial charge in [0, 0.05) is 10.7 Å². The number of furan rings is 1. The molecule has 23 heavy (non-hydrogen) atoms. The number of allylic oxidation sites excluding steroid dienone is 1. The molecule has 0 spiro atoms. The molecule has 0 aliphatic heterocycles. The summed E-state index contributed by atoms with van der Waals surface area (Å²) in [4.78, 5) is 11.7. The largest absolute Gasteiger partial charge is 0.481 e. The third-order valence-corrected chi connectivity index (χ3v) is 4.10. The van der Waals surface area contributed by atoms with E-state index in [1.54, 1.807) is 24.5 Å². The van der Waals surface area contributed by atoms with Crippen LogP contribution in [0.1, 0.15) is 5.76 Å². The third kappa shape index (κ3) is 5.96. The lowest BCUT2D eigenvalue weighted by molar-refractivity contribution is -0.123. The number of rotatable bonds is 6. The van der Waals surface area contributed by atoms with Crippen LogP contribution in [0, 0.1) is 0 Å². The molecular formula is C15H11Br3N2O3. The van der Waals surface area contributed by atoms with Crippen molar-refractivity contribution in [3.8, 4) is 5.75 Å². The minimum absolute atomic E-state index is 0.155. The Morgan fingerprint density at radius 3 is 2.70 bits per heavy atom. The maximum Gasteiger partial charge on any atom is 0.277 e. The Labute approximate surface area is 158 Å². The van der Waals surface area contributed by atoms with Gasteiger partial charge in [-0.05, 0) is 68.3 Å². The van der Waals surface area contributed by atoms with Crippen molar-refractivity contribution in [2.24, 2.45) is 5.10 Å². The molecule has 1 amide bonds. The molecule has 0 aliphatic rings. The summed E-state index contributed by atoms with van der Waals surface area (Å²) in [5.41, 5.74) is 2.37. The van der Waals surface area contributed by atoms with Gasteiger partial charge in [0.15, 0.2) is 6.61 Å². The van der Waals surface area contributed by atoms with Crippen LogP contribution in [-0.4, -0.2) is 18.7 Å². The highest BCUT2D eigenvalue weighted by molar-refractivity contribution is 9.11. The zero-order chi connectivity index (χ0) is 16.7. The average molecular weight is 507 g/mol. The summed E-state index contributed by atoms with van der Waals surface area (Å²) < 4.78 is 12.9. The molecule has 2 aromatic rings. The molecule has 1 N–H and O–H groups in total. The van der Waals surface area contributed by atoms with Gasteiger partial charge in [-0.25, -0.2) is 5.43 Å². The minimum atomic E-state index is -0.366. The van der Waals surface area contributed by atoms with Gasteiger partial charge in [0.05, 0.1) is 15.2 Å². The second-order valence-corrected chi connectivity index (χ2v) is 6.80. The fourth-order valence-electron chi connectivity index (χ4n) is 1.51. The number of benzene rings is 1. The van der Waals surface area contributed by atoms with Gasteiger partial charge in [0.1, 0.15) is 11.5 Å². The van der Waals surface area contributed by atoms with Gasteiger partial charge in [-0.1, -0.05) is 15.9 Å². The van der Waals surface area contributed by atoms with Crippen LogP contribution in [0.5, 0.6) is 5.75 Å². The van der Waals surface area contributed by atoms with E-state index < -0.39 is 0 Å². The summed E-state index contributed by atoms with van der Waals surface area (Å²) in [6.45, 7) is -0.155. The Bertz CT molecular complexity index is 705. The maximum atomic E-state index is 11.7. The van der Waals surface area contributed by atoms with E-state index in [2.05, 4.69) is 58.3 Å². The first-order valence-electron chi connectivity index (χ1n) is 6.35. The first kappa shape index (κ1) is 18.0. The van der Waals surface area contributed by atoms with Gasteiger partial charge in [-0.3, -0.25) is 4.79 Å². The number of nitrogens with zero attached hydrogens (tertiary/aromatic N) is 1. The van der Waals surface area contributed by atoms with Crippen molar-refractivity contribution < 1.29 is 13.9 Å². The zero-order valence-electron chi connectivity index (χ0n) is 11.6. The number of hydrazone groups is 1. The summed E-state index contributed by atoms with van der Waals surface area (Å²) in [5.74, 6) is 0.885. The topological polar surface area (TPSA) is 63.8 Å². The van der Waals surface area contributed by atoms with Crippen molar-refractivity contribution in [1.82, 2.24) is 5.43 Å². The van der Waals surface area contributed by atoms with Crippen molar-refractivity contribution in [2.45, 2.75) is 0 Å². The molecule has 0 saturated carbocycles. The predicted octanol–water partition coefficient (Wildman–Crippen LogP) is 4.76. The van der Waals surface area contributed by atoms with Gasteiger partial charge in [0.2, 0.25) is 0 Å². The van der Waals surface area contributed by atoms with Crippen LogP contribution in [0.2, 0.25) is 0 Å². The summed E-state index contributed by atoms with van der Waals surface area (Å²) >= 11 is 10.1. The second-order valence-electron chi connectivity index (χ2n) is 4.17. The van der Waals surface area contributed by atoms with Crippen LogP contribution in [0.25, 0.3) is 6.08 Å². The second kappa shape index (κ2) is 9.05. The first-order chi connectivity index (χ1) is 11.1. The van der Waals surface area contributed by atoms with Crippen LogP contribution >= 0.6 is 47.8 Å². The lowest BCUT2D eigenvalue weighted by Crippen LogP contribution is -2.24. The van der Waals surface area contributed by atoms with E-state index in [-0.39, 0.29) is 12.5 Å². The normalized spacial score (nSPS) is 11.3. The Morgan fingerprint density at radius 1 is 1.30 bits per heavy atom. The summed E-state index contributed by atoms with van der Waals surface area (Å²) in [5, 5.41) is 3.78. The van der Waals surface area contributed by atoms with E-state index in [0.717, 1.165) is 13.4 Å². The van der Waals surface area contributed by atoms with E-state index in [0.29, 0.717) is 11.5 Å². The molecule has 5 nitrogen and oxygen atoms in total. The number of hydrogen-bond acceptors (Lipinski definition) is 4. The Morgan fingerprint density at radius 2 is 2.04 bits per heavy atom. The minimum Gasteiger partial charge on any atom is -0.481 e. The molecule has 1 aromatic heterocycles. The molecule has 1 heterocycles. The molecule has 2 rings (SSSR count). The van der Waals surface area contributed by atoms with Crippen molar-refractivity contribution in [3.63, 3.8) is 0 Å². The van der Waals surface area contributed by atoms with Crippen LogP contribution in [0.3, 0.4) is 0 Å². The van der Waals surface area contributed by atoms with Gasteiger partial charge >= 0.3 is 0 Å². The lowest BCUT2D eigenvalue weighted by atomic mass is 10.3. The van der Waals surface area contributed by atoms with Crippen LogP contribution in [0.15, 0.2) is 59.5 Å². The molecule has 0 atom stereocenters. The molecular weight excluding hydrogens is 496 g/mol. The monoisotopic (exact) mass is 504 g/mol. The SMILES string of the molecule is O=C(COc1c(Br)cc(Br)cc1Br)NN=C/C=C\c1ccco1. The van der Waals surface area contributed by atoms with Crippen molar-refractivity contribution in [1.29, 1.82) is 0 Å². The average Bonchev–Trinajstić information content (AvgIpc) is 2.99. The molecule has 0 saturated heterocycles. The Kier molecular flexibility index (Phi) is 7.07. The smallest absolute Gasteiger partial charge is 0.277 e. The molecule has 1 aromatic carbocycles. The summed E-state index contributed by atoms with van der Waals surface area (Å²) in [6, 6.07) is 7.25. The van der Waals surface area contributed by atoms with Gasteiger partial charge < -0.3 is 9.15 Å². The summed E-state index contributed by atoms with van der Waals surface area (Å²) in [7, 11) is 0. The van der Waals surface area contributed by atoms with Crippen LogP contribution in [-0.2, 0) is 4.79 Å². The van der Waals surface area contributed by atoms with Crippen molar-refractivity contribution >= 4 is 66.0 Å². The molecule has 0 aliphatic carbocycles. The lowest BCUT2D eigenvalue weighted by Gasteiger charge is -2.09. The number of ether oxygens (including phenoxy) is 1. The third-order valence-electron chi connectivity index (χ3n) is 2.46. The Balaban J connectivity index is 1.79. The highest BCUT2D eigenvalue weighted by Crippen LogP contribution is 2.36. The first-order valence-corrected chi connectivity index (χ1v) is 8.73. The maximum absolute atomic E-state index is 11.7. The molecule has 8 heteroatoms. The fraction of sp³-hybridized carbons (Fsp3) is 0.0667. The van der Waals surface area contributed by atoms with Crippen molar-refractivity contribution in [3.05, 3.63) is 55.8 Å². The van der Waals surface area contributed by atoms with E-state index in [1.807, 2.05) is 18.2 Å². The van der Waals surface area contributed by atoms with Crippen LogP contribution < -0.4 is 10.2 Å². The number of carbonyl (C=O) groups is 1. The molecule has 120 valence electrons. The quantitative estimate of drug-likeness (QED) is 0.454. The highest BCUT2D eigenvalue weighted by Gasteiger charge is 2.10. The zero-order valence-corrected chi connectivity index (χ0v) is 16.4. The van der Waals surface area contributed by atoms with E-state index in [9.17, 15) is 4.79 Å². The number of hydrogen-bond donors (Lipinski definition) is 1. The standard InChI is InChI=1S/C15H11Br3N2O3/c16-10-7-12(17)15(13(18)8-10)23-9-14(21)20-19-5-1-3-11-4-2-6-22-11/h1-8H,9H2,(H,20,21)/b3-1-,19-5?. The number of halogens is 3. The predicted molar refractivity (Wildman–Crippen MR) is 99.4 cm³/mol. The van der Waals surface area contributed by atoms with Crippen molar-refractivity contribution in [2.75, 3.05) is 6.61 Å². The fourth-order valence-corrected chi connectivity index (χ4v) is 4.00. The highest BCUT2D eigenvalue weighted by atomic mass is 79.9. The van der Waals surface area contributed by atoms with Gasteiger partial charge in [-0.15, -0.1) is 0 Å². The van der Waals surface area contributed by atoms with E-state index in [4.69, 9.17) is 9.15 Å². The Hall–Kier alpha value is -1.38. The molecule has 0 fully saturated rings. The number of amides is 1. The number of carbonyl (C=O) groups excluding carboxylic acids is 1. The van der Waals surface area contributed by atoms with E-state index >= 15 is 0 Å². The van der Waals surface area contributed by atoms with Crippen LogP contribution in [0.4, 0.5) is 0 Å². The molecule has 0 radical (unpaired) electrons. The summed E-state index contributed by atoms with van der Waals surface area (Å²) in [6.07, 6.45) is 6.41. The molecule has 0 bridgehead atoms. The van der Waals surface area contributed by atoms with Gasteiger partial charge in [0.25, 0.3) is 5.91 Å². The number of nitrogens with one attached hydrogen (secondary N) is 1.